The molecule has 3 rings (SSSR count). The highest BCUT2D eigenvalue weighted by Gasteiger charge is 2.33. The average molecular weight is 403 g/mol. The third-order valence-electron chi connectivity index (χ3n) is 4.21. The lowest BCUT2D eigenvalue weighted by Crippen LogP contribution is -2.30. The van der Waals surface area contributed by atoms with Crippen LogP contribution in [0.4, 0.5) is 4.79 Å². The summed E-state index contributed by atoms with van der Waals surface area (Å²) in [6.07, 6.45) is 1.56. The monoisotopic (exact) mass is 402 g/mol. The van der Waals surface area contributed by atoms with Crippen LogP contribution in [-0.2, 0) is 11.3 Å². The van der Waals surface area contributed by atoms with Crippen LogP contribution < -0.4 is 19.5 Å². The smallest absolute Gasteiger partial charge is 0.329 e. The van der Waals surface area contributed by atoms with E-state index in [0.29, 0.717) is 27.8 Å². The SMILES string of the molecule is COc1cc(/C=C2\NC(=O)N(Cc3ccc(Cl)cc3)C2=O)cc(OC)c1OC. The lowest BCUT2D eigenvalue weighted by Gasteiger charge is -2.13. The van der Waals surface area contributed by atoms with Crippen molar-refractivity contribution >= 4 is 29.6 Å². The average Bonchev–Trinajstić information content (AvgIpc) is 2.96. The zero-order valence-corrected chi connectivity index (χ0v) is 16.4. The van der Waals surface area contributed by atoms with Crippen LogP contribution in [-0.4, -0.2) is 38.2 Å². The molecule has 1 saturated heterocycles. The maximum Gasteiger partial charge on any atom is 0.329 e. The van der Waals surface area contributed by atoms with E-state index in [2.05, 4.69) is 5.32 Å². The summed E-state index contributed by atoms with van der Waals surface area (Å²) in [5, 5.41) is 3.18. The van der Waals surface area contributed by atoms with Gasteiger partial charge < -0.3 is 19.5 Å². The van der Waals surface area contributed by atoms with Gasteiger partial charge in [-0.2, -0.15) is 0 Å². The molecule has 1 aliphatic heterocycles. The summed E-state index contributed by atoms with van der Waals surface area (Å²) < 4.78 is 15.9. The van der Waals surface area contributed by atoms with Crippen molar-refractivity contribution in [3.63, 3.8) is 0 Å². The third-order valence-corrected chi connectivity index (χ3v) is 4.47. The highest BCUT2D eigenvalue weighted by atomic mass is 35.5. The summed E-state index contributed by atoms with van der Waals surface area (Å²) in [6.45, 7) is 0.147. The second-order valence-electron chi connectivity index (χ2n) is 5.96. The summed E-state index contributed by atoms with van der Waals surface area (Å²) in [5.74, 6) is 0.916. The summed E-state index contributed by atoms with van der Waals surface area (Å²) in [7, 11) is 4.52. The number of nitrogens with one attached hydrogen (secondary N) is 1. The molecule has 0 saturated carbocycles. The van der Waals surface area contributed by atoms with E-state index in [0.717, 1.165) is 10.5 Å². The molecule has 0 aromatic heterocycles. The lowest BCUT2D eigenvalue weighted by atomic mass is 10.1. The second kappa shape index (κ2) is 8.22. The molecule has 7 nitrogen and oxygen atoms in total. The Labute approximate surface area is 167 Å². The Kier molecular flexibility index (Phi) is 5.75. The number of halogens is 1. The van der Waals surface area contributed by atoms with E-state index in [1.807, 2.05) is 0 Å². The Hall–Kier alpha value is -3.19. The molecule has 2 aromatic rings. The van der Waals surface area contributed by atoms with Gasteiger partial charge in [0.15, 0.2) is 11.5 Å². The Morgan fingerprint density at radius 3 is 2.14 bits per heavy atom. The topological polar surface area (TPSA) is 77.1 Å². The molecule has 0 bridgehead atoms. The fourth-order valence-electron chi connectivity index (χ4n) is 2.84. The quantitative estimate of drug-likeness (QED) is 0.591. The van der Waals surface area contributed by atoms with Crippen LogP contribution in [0.5, 0.6) is 17.2 Å². The van der Waals surface area contributed by atoms with Gasteiger partial charge in [-0.05, 0) is 41.5 Å². The molecule has 28 heavy (non-hydrogen) atoms. The minimum Gasteiger partial charge on any atom is -0.493 e. The highest BCUT2D eigenvalue weighted by molar-refractivity contribution is 6.30. The molecule has 2 aromatic carbocycles. The number of ether oxygens (including phenoxy) is 3. The van der Waals surface area contributed by atoms with E-state index in [1.165, 1.54) is 21.3 Å². The van der Waals surface area contributed by atoms with E-state index in [4.69, 9.17) is 25.8 Å². The Bertz CT molecular complexity index is 915. The predicted octanol–water partition coefficient (Wildman–Crippen LogP) is 3.46. The zero-order chi connectivity index (χ0) is 20.3. The lowest BCUT2D eigenvalue weighted by molar-refractivity contribution is -0.123. The van der Waals surface area contributed by atoms with E-state index < -0.39 is 11.9 Å². The first-order valence-electron chi connectivity index (χ1n) is 8.35. The molecule has 0 atom stereocenters. The number of carbonyl (C=O) groups is 2. The number of rotatable bonds is 6. The van der Waals surface area contributed by atoms with Gasteiger partial charge in [-0.25, -0.2) is 4.79 Å². The van der Waals surface area contributed by atoms with Gasteiger partial charge in [0.2, 0.25) is 5.75 Å². The first kappa shape index (κ1) is 19.6. The maximum absolute atomic E-state index is 12.7. The van der Waals surface area contributed by atoms with Crippen LogP contribution in [0.1, 0.15) is 11.1 Å². The van der Waals surface area contributed by atoms with Crippen LogP contribution in [0, 0.1) is 0 Å². The number of amides is 3. The van der Waals surface area contributed by atoms with Crippen molar-refractivity contribution in [1.82, 2.24) is 10.2 Å². The zero-order valence-electron chi connectivity index (χ0n) is 15.6. The first-order chi connectivity index (χ1) is 13.5. The van der Waals surface area contributed by atoms with Gasteiger partial charge in [0.05, 0.1) is 27.9 Å². The van der Waals surface area contributed by atoms with Gasteiger partial charge in [0.1, 0.15) is 5.70 Å². The van der Waals surface area contributed by atoms with Crippen LogP contribution in [0.15, 0.2) is 42.1 Å². The molecule has 1 aliphatic rings. The fourth-order valence-corrected chi connectivity index (χ4v) is 2.96. The van der Waals surface area contributed by atoms with Crippen molar-refractivity contribution in [2.75, 3.05) is 21.3 Å². The molecule has 0 aliphatic carbocycles. The standard InChI is InChI=1S/C20H19ClN2O5/c1-26-16-9-13(10-17(27-2)18(16)28-3)8-15-19(24)23(20(25)22-15)11-12-4-6-14(21)7-5-12/h4-10H,11H2,1-3H3,(H,22,25)/b15-8-. The fraction of sp³-hybridized carbons (Fsp3) is 0.200. The minimum atomic E-state index is -0.487. The number of hydrogen-bond acceptors (Lipinski definition) is 5. The normalized spacial score (nSPS) is 15.0. The summed E-state index contributed by atoms with van der Waals surface area (Å²) >= 11 is 5.87. The third kappa shape index (κ3) is 3.89. The highest BCUT2D eigenvalue weighted by Crippen LogP contribution is 2.38. The molecule has 0 radical (unpaired) electrons. The van der Waals surface area contributed by atoms with E-state index in [-0.39, 0.29) is 12.2 Å². The number of hydrogen-bond donors (Lipinski definition) is 1. The van der Waals surface area contributed by atoms with Crippen LogP contribution in [0.2, 0.25) is 5.02 Å². The molecular weight excluding hydrogens is 384 g/mol. The van der Waals surface area contributed by atoms with Crippen molar-refractivity contribution in [2.45, 2.75) is 6.54 Å². The molecule has 8 heteroatoms. The van der Waals surface area contributed by atoms with Gasteiger partial charge in [0, 0.05) is 5.02 Å². The largest absolute Gasteiger partial charge is 0.493 e. The molecule has 3 amide bonds. The molecule has 0 unspecified atom stereocenters. The molecule has 1 heterocycles. The van der Waals surface area contributed by atoms with Gasteiger partial charge in [0.25, 0.3) is 5.91 Å². The first-order valence-corrected chi connectivity index (χ1v) is 8.73. The van der Waals surface area contributed by atoms with Gasteiger partial charge in [-0.1, -0.05) is 23.7 Å². The molecular formula is C20H19ClN2O5. The second-order valence-corrected chi connectivity index (χ2v) is 6.40. The molecule has 1 N–H and O–H groups in total. The van der Waals surface area contributed by atoms with Gasteiger partial charge in [-0.15, -0.1) is 0 Å². The van der Waals surface area contributed by atoms with Crippen LogP contribution in [0.25, 0.3) is 6.08 Å². The van der Waals surface area contributed by atoms with Crippen molar-refractivity contribution < 1.29 is 23.8 Å². The van der Waals surface area contributed by atoms with Crippen molar-refractivity contribution in [3.05, 3.63) is 58.2 Å². The van der Waals surface area contributed by atoms with E-state index in [9.17, 15) is 9.59 Å². The maximum atomic E-state index is 12.7. The molecule has 146 valence electrons. The number of methoxy groups -OCH3 is 3. The Balaban J connectivity index is 1.88. The Morgan fingerprint density at radius 2 is 1.61 bits per heavy atom. The predicted molar refractivity (Wildman–Crippen MR) is 105 cm³/mol. The Morgan fingerprint density at radius 1 is 1.00 bits per heavy atom. The summed E-state index contributed by atoms with van der Waals surface area (Å²) in [4.78, 5) is 26.1. The number of carbonyl (C=O) groups excluding carboxylic acids is 2. The van der Waals surface area contributed by atoms with Crippen molar-refractivity contribution in [2.24, 2.45) is 0 Å². The molecule has 1 fully saturated rings. The summed E-state index contributed by atoms with van der Waals surface area (Å²) in [6, 6.07) is 9.85. The van der Waals surface area contributed by atoms with Crippen molar-refractivity contribution in [3.8, 4) is 17.2 Å². The van der Waals surface area contributed by atoms with Gasteiger partial charge in [-0.3, -0.25) is 9.69 Å². The molecule has 0 spiro atoms. The van der Waals surface area contributed by atoms with E-state index in [1.54, 1.807) is 42.5 Å². The van der Waals surface area contributed by atoms with Crippen molar-refractivity contribution in [1.29, 1.82) is 0 Å². The van der Waals surface area contributed by atoms with E-state index >= 15 is 0 Å². The van der Waals surface area contributed by atoms with Crippen LogP contribution in [0.3, 0.4) is 0 Å². The number of imide groups is 1. The number of urea groups is 1. The minimum absolute atomic E-state index is 0.147. The summed E-state index contributed by atoms with van der Waals surface area (Å²) in [5.41, 5.74) is 1.57. The number of benzene rings is 2. The van der Waals surface area contributed by atoms with Crippen LogP contribution >= 0.6 is 11.6 Å². The number of nitrogens with zero attached hydrogens (tertiary/aromatic N) is 1. The van der Waals surface area contributed by atoms with Gasteiger partial charge >= 0.3 is 6.03 Å².